The second-order valence-electron chi connectivity index (χ2n) is 7.43. The van der Waals surface area contributed by atoms with Crippen molar-refractivity contribution in [3.63, 3.8) is 0 Å². The van der Waals surface area contributed by atoms with Crippen molar-refractivity contribution in [3.05, 3.63) is 110 Å². The SMILES string of the molecule is C=C/C=C/Oc1ccnc(/C=C/OC)c1/C=C/OC.C=CCNC(=O)C(C)NC/C(C)=C/C=C\C=C/C.CC.CC. The minimum Gasteiger partial charge on any atom is -0.504 e. The maximum Gasteiger partial charge on any atom is 0.237 e. The first-order chi connectivity index (χ1) is 19.9. The molecule has 0 radical (unpaired) electrons. The van der Waals surface area contributed by atoms with Crippen molar-refractivity contribution in [2.45, 2.75) is 54.5 Å². The van der Waals surface area contributed by atoms with Crippen molar-refractivity contribution in [1.29, 1.82) is 0 Å². The van der Waals surface area contributed by atoms with Gasteiger partial charge in [0, 0.05) is 24.8 Å². The molecule has 1 aromatic rings. The predicted molar refractivity (Wildman–Crippen MR) is 177 cm³/mol. The Kier molecular flexibility index (Phi) is 32.4. The lowest BCUT2D eigenvalue weighted by Crippen LogP contribution is -2.42. The van der Waals surface area contributed by atoms with Gasteiger partial charge in [-0.1, -0.05) is 82.4 Å². The fourth-order valence-corrected chi connectivity index (χ4v) is 2.50. The van der Waals surface area contributed by atoms with E-state index in [1.54, 1.807) is 75.6 Å². The van der Waals surface area contributed by atoms with E-state index < -0.39 is 0 Å². The van der Waals surface area contributed by atoms with E-state index in [9.17, 15) is 4.79 Å². The van der Waals surface area contributed by atoms with Crippen LogP contribution in [0.3, 0.4) is 0 Å². The molecule has 0 spiro atoms. The van der Waals surface area contributed by atoms with Gasteiger partial charge < -0.3 is 24.8 Å². The zero-order valence-electron chi connectivity index (χ0n) is 26.6. The minimum atomic E-state index is -0.201. The number of pyridine rings is 1. The van der Waals surface area contributed by atoms with Crippen molar-refractivity contribution < 1.29 is 19.0 Å². The molecule has 1 amide bonds. The summed E-state index contributed by atoms with van der Waals surface area (Å²) >= 11 is 0. The molecule has 0 saturated carbocycles. The molecule has 228 valence electrons. The van der Waals surface area contributed by atoms with E-state index in [-0.39, 0.29) is 11.9 Å². The van der Waals surface area contributed by atoms with Crippen LogP contribution in [0.4, 0.5) is 0 Å². The maximum atomic E-state index is 11.5. The van der Waals surface area contributed by atoms with Crippen LogP contribution in [0.2, 0.25) is 0 Å². The molecule has 0 aliphatic heterocycles. The second kappa shape index (κ2) is 32.1. The van der Waals surface area contributed by atoms with E-state index in [0.717, 1.165) is 11.3 Å². The van der Waals surface area contributed by atoms with Crippen molar-refractivity contribution in [2.24, 2.45) is 0 Å². The first kappa shape index (κ1) is 41.4. The van der Waals surface area contributed by atoms with Gasteiger partial charge in [-0.05, 0) is 45.1 Å². The highest BCUT2D eigenvalue weighted by Crippen LogP contribution is 2.23. The molecule has 0 fully saturated rings. The topological polar surface area (TPSA) is 81.7 Å². The first-order valence-corrected chi connectivity index (χ1v) is 13.8. The second-order valence-corrected chi connectivity index (χ2v) is 7.43. The zero-order chi connectivity index (χ0) is 31.7. The van der Waals surface area contributed by atoms with Crippen molar-refractivity contribution in [2.75, 3.05) is 27.3 Å². The average molecular weight is 568 g/mol. The van der Waals surface area contributed by atoms with Gasteiger partial charge in [0.15, 0.2) is 0 Å². The lowest BCUT2D eigenvalue weighted by Gasteiger charge is -2.13. The van der Waals surface area contributed by atoms with E-state index in [0.29, 0.717) is 18.8 Å². The number of nitrogens with one attached hydrogen (secondary N) is 2. The van der Waals surface area contributed by atoms with Crippen molar-refractivity contribution >= 4 is 18.1 Å². The predicted octanol–water partition coefficient (Wildman–Crippen LogP) is 7.79. The molecule has 0 saturated heterocycles. The minimum absolute atomic E-state index is 0.00726. The van der Waals surface area contributed by atoms with Gasteiger partial charge in [0.1, 0.15) is 5.75 Å². The molecule has 1 rings (SSSR count). The number of amides is 1. The summed E-state index contributed by atoms with van der Waals surface area (Å²) in [5.74, 6) is 0.657. The summed E-state index contributed by atoms with van der Waals surface area (Å²) in [6, 6.07) is 1.57. The van der Waals surface area contributed by atoms with Gasteiger partial charge in [0.25, 0.3) is 0 Å². The van der Waals surface area contributed by atoms with Crippen molar-refractivity contribution in [3.8, 4) is 5.75 Å². The van der Waals surface area contributed by atoms with Crippen LogP contribution in [-0.2, 0) is 14.3 Å². The van der Waals surface area contributed by atoms with Crippen LogP contribution in [0.25, 0.3) is 12.2 Å². The summed E-state index contributed by atoms with van der Waals surface area (Å²) in [6.45, 7) is 22.2. The number of rotatable bonds is 15. The molecule has 41 heavy (non-hydrogen) atoms. The summed E-state index contributed by atoms with van der Waals surface area (Å²) in [4.78, 5) is 15.8. The number of nitrogens with zero attached hydrogens (tertiary/aromatic N) is 1. The number of aromatic nitrogens is 1. The van der Waals surface area contributed by atoms with Gasteiger partial charge in [-0.3, -0.25) is 9.78 Å². The molecule has 0 aromatic carbocycles. The molecule has 0 aliphatic rings. The summed E-state index contributed by atoms with van der Waals surface area (Å²) in [5.41, 5.74) is 2.70. The number of hydrogen-bond acceptors (Lipinski definition) is 6. The van der Waals surface area contributed by atoms with Crippen LogP contribution in [-0.4, -0.2) is 44.2 Å². The molecule has 0 aliphatic carbocycles. The Labute approximate surface area is 249 Å². The molecule has 1 unspecified atom stereocenters. The third kappa shape index (κ3) is 23.5. The Morgan fingerprint density at radius 2 is 1.66 bits per heavy atom. The zero-order valence-corrected chi connectivity index (χ0v) is 26.6. The maximum absolute atomic E-state index is 11.5. The van der Waals surface area contributed by atoms with E-state index >= 15 is 0 Å². The third-order valence-electron chi connectivity index (χ3n) is 4.42. The molecule has 7 heteroatoms. The highest BCUT2D eigenvalue weighted by atomic mass is 16.5. The number of carbonyl (C=O) groups is 1. The molecule has 0 bridgehead atoms. The monoisotopic (exact) mass is 567 g/mol. The Bertz CT molecular complexity index is 990. The van der Waals surface area contributed by atoms with Crippen LogP contribution in [0.5, 0.6) is 5.75 Å². The largest absolute Gasteiger partial charge is 0.504 e. The average Bonchev–Trinajstić information content (AvgIpc) is 3.01. The van der Waals surface area contributed by atoms with Crippen LogP contribution < -0.4 is 15.4 Å². The first-order valence-electron chi connectivity index (χ1n) is 13.8. The van der Waals surface area contributed by atoms with Crippen LogP contribution in [0, 0.1) is 0 Å². The van der Waals surface area contributed by atoms with Gasteiger partial charge >= 0.3 is 0 Å². The summed E-state index contributed by atoms with van der Waals surface area (Å²) < 4.78 is 15.4. The molecule has 2 N–H and O–H groups in total. The highest BCUT2D eigenvalue weighted by molar-refractivity contribution is 5.81. The Balaban J connectivity index is -0.000000629. The number of carbonyl (C=O) groups excluding carboxylic acids is 1. The number of ether oxygens (including phenoxy) is 3. The van der Waals surface area contributed by atoms with E-state index in [1.165, 1.54) is 5.57 Å². The van der Waals surface area contributed by atoms with E-state index in [4.69, 9.17) is 14.2 Å². The Morgan fingerprint density at radius 1 is 1.00 bits per heavy atom. The molecular weight excluding hydrogens is 514 g/mol. The number of methoxy groups -OCH3 is 2. The smallest absolute Gasteiger partial charge is 0.237 e. The van der Waals surface area contributed by atoms with Gasteiger partial charge in [0.05, 0.1) is 44.7 Å². The molecule has 1 heterocycles. The lowest BCUT2D eigenvalue weighted by molar-refractivity contribution is -0.122. The quantitative estimate of drug-likeness (QED) is 0.128. The summed E-state index contributed by atoms with van der Waals surface area (Å²) in [5, 5.41) is 5.92. The third-order valence-corrected chi connectivity index (χ3v) is 4.42. The normalized spacial score (nSPS) is 11.7. The fourth-order valence-electron chi connectivity index (χ4n) is 2.50. The van der Waals surface area contributed by atoms with Crippen LogP contribution in [0.1, 0.15) is 59.7 Å². The fraction of sp³-hybridized carbons (Fsp3) is 0.353. The standard InChI is InChI=1S/C15H24N2O.C15H17NO3.2C2H6/c1-5-7-8-9-10-13(3)12-17-14(4)15(18)16-11-6-2;1-4-5-10-19-15-6-9-16-14(8-12-18-3)13(15)7-11-17-2;2*1-2/h5-10,14,17H,2,11-12H2,1,3-4H3,(H,16,18);4-12H,1H2,2-3H3;2*1-2H3/b7-5-,9-8-,13-10+;10-5+,11-7+,12-8+;;. The van der Waals surface area contributed by atoms with Crippen LogP contribution in [0.15, 0.2) is 98.4 Å². The van der Waals surface area contributed by atoms with Crippen LogP contribution >= 0.6 is 0 Å². The molecule has 7 nitrogen and oxygen atoms in total. The summed E-state index contributed by atoms with van der Waals surface area (Å²) in [6.07, 6.45) is 24.8. The summed E-state index contributed by atoms with van der Waals surface area (Å²) in [7, 11) is 3.16. The molecular formula is C34H53N3O4. The van der Waals surface area contributed by atoms with Gasteiger partial charge in [-0.15, -0.1) is 6.58 Å². The molecule has 1 aromatic heterocycles. The number of hydrogen-bond donors (Lipinski definition) is 2. The number of allylic oxidation sites excluding steroid dienone is 7. The Morgan fingerprint density at radius 3 is 2.24 bits per heavy atom. The van der Waals surface area contributed by atoms with Crippen molar-refractivity contribution in [1.82, 2.24) is 15.6 Å². The van der Waals surface area contributed by atoms with Gasteiger partial charge in [-0.25, -0.2) is 0 Å². The Hall–Kier alpha value is -4.10. The molecule has 1 atom stereocenters. The highest BCUT2D eigenvalue weighted by Gasteiger charge is 2.10. The lowest BCUT2D eigenvalue weighted by atomic mass is 10.1. The van der Waals surface area contributed by atoms with Gasteiger partial charge in [-0.2, -0.15) is 0 Å². The van der Waals surface area contributed by atoms with E-state index in [2.05, 4.69) is 28.8 Å². The van der Waals surface area contributed by atoms with E-state index in [1.807, 2.05) is 78.8 Å². The van der Waals surface area contributed by atoms with Gasteiger partial charge in [0.2, 0.25) is 5.91 Å².